The van der Waals surface area contributed by atoms with Gasteiger partial charge in [0.15, 0.2) is 0 Å². The zero-order valence-electron chi connectivity index (χ0n) is 12.8. The van der Waals surface area contributed by atoms with E-state index >= 15 is 0 Å². The highest BCUT2D eigenvalue weighted by Gasteiger charge is 2.39. The molecule has 7 nitrogen and oxygen atoms in total. The van der Waals surface area contributed by atoms with Crippen molar-refractivity contribution in [2.45, 2.75) is 38.5 Å². The second-order valence-electron chi connectivity index (χ2n) is 6.03. The molecule has 0 saturated heterocycles. The number of amides is 1. The average Bonchev–Trinajstić information content (AvgIpc) is 2.54. The molecule has 23 heavy (non-hydrogen) atoms. The van der Waals surface area contributed by atoms with Crippen LogP contribution in [0.5, 0.6) is 0 Å². The van der Waals surface area contributed by atoms with Crippen LogP contribution in [0.1, 0.15) is 37.7 Å². The molecule has 7 heteroatoms. The first-order chi connectivity index (χ1) is 10.9. The Bertz CT molecular complexity index is 608. The number of nitro groups is 1. The van der Waals surface area contributed by atoms with Gasteiger partial charge in [-0.25, -0.2) is 0 Å². The molecule has 1 aliphatic carbocycles. The maximum atomic E-state index is 12.0. The molecule has 1 aromatic carbocycles. The van der Waals surface area contributed by atoms with Crippen molar-refractivity contribution in [1.29, 1.82) is 0 Å². The number of hydrogen-bond donors (Lipinski definition) is 2. The Hall–Kier alpha value is -2.44. The Morgan fingerprint density at radius 2 is 1.96 bits per heavy atom. The topological polar surface area (TPSA) is 110 Å². The first-order valence-electron chi connectivity index (χ1n) is 7.66. The maximum absolute atomic E-state index is 12.0. The number of nitrogens with one attached hydrogen (secondary N) is 1. The average molecular weight is 320 g/mol. The molecule has 124 valence electrons. The third-order valence-electron chi connectivity index (χ3n) is 4.37. The van der Waals surface area contributed by atoms with Gasteiger partial charge < -0.3 is 10.4 Å². The van der Waals surface area contributed by atoms with Crippen LogP contribution >= 0.6 is 0 Å². The SMILES string of the molecule is O=C(Cc1cccc([N+](=O)[O-])c1)NCC1(C(=O)O)CCCCC1. The fourth-order valence-corrected chi connectivity index (χ4v) is 2.99. The van der Waals surface area contributed by atoms with E-state index in [0.29, 0.717) is 18.4 Å². The van der Waals surface area contributed by atoms with Crippen molar-refractivity contribution >= 4 is 17.6 Å². The summed E-state index contributed by atoms with van der Waals surface area (Å²) in [6.45, 7) is 0.107. The van der Waals surface area contributed by atoms with Crippen molar-refractivity contribution in [2.75, 3.05) is 6.54 Å². The van der Waals surface area contributed by atoms with E-state index in [4.69, 9.17) is 0 Å². The van der Waals surface area contributed by atoms with Gasteiger partial charge in [0.25, 0.3) is 5.69 Å². The van der Waals surface area contributed by atoms with Gasteiger partial charge in [-0.15, -0.1) is 0 Å². The van der Waals surface area contributed by atoms with E-state index in [1.54, 1.807) is 6.07 Å². The molecule has 1 fully saturated rings. The van der Waals surface area contributed by atoms with E-state index in [1.165, 1.54) is 18.2 Å². The van der Waals surface area contributed by atoms with E-state index in [2.05, 4.69) is 5.32 Å². The highest BCUT2D eigenvalue weighted by atomic mass is 16.6. The summed E-state index contributed by atoms with van der Waals surface area (Å²) in [6, 6.07) is 5.89. The van der Waals surface area contributed by atoms with Crippen molar-refractivity contribution in [2.24, 2.45) is 5.41 Å². The van der Waals surface area contributed by atoms with Crippen LogP contribution in [0, 0.1) is 15.5 Å². The highest BCUT2D eigenvalue weighted by molar-refractivity contribution is 5.80. The van der Waals surface area contributed by atoms with Crippen molar-refractivity contribution < 1.29 is 19.6 Å². The van der Waals surface area contributed by atoms with Gasteiger partial charge in [0.2, 0.25) is 5.91 Å². The Balaban J connectivity index is 1.95. The summed E-state index contributed by atoms with van der Waals surface area (Å²) in [4.78, 5) is 33.8. The minimum Gasteiger partial charge on any atom is -0.481 e. The quantitative estimate of drug-likeness (QED) is 0.617. The van der Waals surface area contributed by atoms with Gasteiger partial charge in [-0.3, -0.25) is 19.7 Å². The Morgan fingerprint density at radius 1 is 1.26 bits per heavy atom. The van der Waals surface area contributed by atoms with Gasteiger partial charge >= 0.3 is 5.97 Å². The van der Waals surface area contributed by atoms with Gasteiger partial charge in [-0.05, 0) is 18.4 Å². The van der Waals surface area contributed by atoms with E-state index < -0.39 is 16.3 Å². The molecule has 2 N–H and O–H groups in total. The van der Waals surface area contributed by atoms with Gasteiger partial charge in [0, 0.05) is 18.7 Å². The minimum atomic E-state index is -0.878. The number of aliphatic carboxylic acids is 1. The molecule has 0 unspecified atom stereocenters. The predicted octanol–water partition coefficient (Wildman–Crippen LogP) is 2.29. The molecule has 2 rings (SSSR count). The summed E-state index contributed by atoms with van der Waals surface area (Å²) in [5, 5.41) is 22.9. The first-order valence-corrected chi connectivity index (χ1v) is 7.66. The van der Waals surface area contributed by atoms with E-state index in [9.17, 15) is 24.8 Å². The van der Waals surface area contributed by atoms with Crippen molar-refractivity contribution in [3.8, 4) is 0 Å². The van der Waals surface area contributed by atoms with E-state index in [-0.39, 0.29) is 24.6 Å². The lowest BCUT2D eigenvalue weighted by molar-refractivity contribution is -0.384. The van der Waals surface area contributed by atoms with Crippen molar-refractivity contribution in [3.05, 3.63) is 39.9 Å². The fraction of sp³-hybridized carbons (Fsp3) is 0.500. The standard InChI is InChI=1S/C16H20N2O5/c19-14(10-12-5-4-6-13(9-12)18(22)23)17-11-16(15(20)21)7-2-1-3-8-16/h4-6,9H,1-3,7-8,10-11H2,(H,17,19)(H,20,21). The largest absolute Gasteiger partial charge is 0.481 e. The van der Waals surface area contributed by atoms with Crippen LogP contribution in [0.25, 0.3) is 0 Å². The molecule has 0 spiro atoms. The van der Waals surface area contributed by atoms with Crippen LogP contribution in [0.3, 0.4) is 0 Å². The van der Waals surface area contributed by atoms with Crippen molar-refractivity contribution in [3.63, 3.8) is 0 Å². The van der Waals surface area contributed by atoms with Crippen LogP contribution in [0.4, 0.5) is 5.69 Å². The van der Waals surface area contributed by atoms with Crippen molar-refractivity contribution in [1.82, 2.24) is 5.32 Å². The molecule has 0 bridgehead atoms. The number of nitro benzene ring substituents is 1. The summed E-state index contributed by atoms with van der Waals surface area (Å²) in [6.07, 6.45) is 3.87. The second kappa shape index (κ2) is 7.21. The zero-order valence-corrected chi connectivity index (χ0v) is 12.8. The third kappa shape index (κ3) is 4.28. The number of hydrogen-bond acceptors (Lipinski definition) is 4. The predicted molar refractivity (Wildman–Crippen MR) is 83.0 cm³/mol. The lowest BCUT2D eigenvalue weighted by Crippen LogP contribution is -2.44. The van der Waals surface area contributed by atoms with Crippen LogP contribution < -0.4 is 5.32 Å². The maximum Gasteiger partial charge on any atom is 0.311 e. The Kier molecular flexibility index (Phi) is 5.31. The molecule has 0 aromatic heterocycles. The van der Waals surface area contributed by atoms with Crippen LogP contribution in [-0.2, 0) is 16.0 Å². The van der Waals surface area contributed by atoms with Crippen LogP contribution in [0.15, 0.2) is 24.3 Å². The van der Waals surface area contributed by atoms with Crippen LogP contribution in [-0.4, -0.2) is 28.5 Å². The molecular formula is C16H20N2O5. The molecule has 1 aromatic rings. The number of carbonyl (C=O) groups excluding carboxylic acids is 1. The number of carbonyl (C=O) groups is 2. The van der Waals surface area contributed by atoms with E-state index in [1.807, 2.05) is 0 Å². The van der Waals surface area contributed by atoms with Gasteiger partial charge in [-0.1, -0.05) is 31.4 Å². The fourth-order valence-electron chi connectivity index (χ4n) is 2.99. The molecule has 0 radical (unpaired) electrons. The molecule has 0 heterocycles. The smallest absolute Gasteiger partial charge is 0.311 e. The number of nitrogens with zero attached hydrogens (tertiary/aromatic N) is 1. The van der Waals surface area contributed by atoms with Gasteiger partial charge in [-0.2, -0.15) is 0 Å². The molecular weight excluding hydrogens is 300 g/mol. The number of benzene rings is 1. The summed E-state index contributed by atoms with van der Waals surface area (Å²) in [5.74, 6) is -1.19. The molecule has 1 saturated carbocycles. The number of carboxylic acid groups (broad SMARTS) is 1. The summed E-state index contributed by atoms with van der Waals surface area (Å²) in [5.41, 5.74) is -0.411. The lowest BCUT2D eigenvalue weighted by atomic mass is 9.74. The Labute approximate surface area is 133 Å². The molecule has 0 aliphatic heterocycles. The Morgan fingerprint density at radius 3 is 2.57 bits per heavy atom. The number of non-ortho nitro benzene ring substituents is 1. The summed E-state index contributed by atoms with van der Waals surface area (Å²) < 4.78 is 0. The lowest BCUT2D eigenvalue weighted by Gasteiger charge is -2.33. The van der Waals surface area contributed by atoms with E-state index in [0.717, 1.165) is 19.3 Å². The van der Waals surface area contributed by atoms with Crippen LogP contribution in [0.2, 0.25) is 0 Å². The normalized spacial score (nSPS) is 16.5. The zero-order chi connectivity index (χ0) is 16.9. The number of carboxylic acids is 1. The highest BCUT2D eigenvalue weighted by Crippen LogP contribution is 2.36. The number of rotatable bonds is 6. The van der Waals surface area contributed by atoms with Gasteiger partial charge in [0.05, 0.1) is 16.8 Å². The third-order valence-corrected chi connectivity index (χ3v) is 4.37. The minimum absolute atomic E-state index is 0.00260. The second-order valence-corrected chi connectivity index (χ2v) is 6.03. The molecule has 1 amide bonds. The van der Waals surface area contributed by atoms with Gasteiger partial charge in [0.1, 0.15) is 0 Å². The molecule has 1 aliphatic rings. The monoisotopic (exact) mass is 320 g/mol. The summed E-state index contributed by atoms with van der Waals surface area (Å²) >= 11 is 0. The summed E-state index contributed by atoms with van der Waals surface area (Å²) in [7, 11) is 0. The molecule has 0 atom stereocenters. The first kappa shape index (κ1) is 16.9.